The fraction of sp³-hybridized carbons (Fsp3) is 0.167. The Morgan fingerprint density at radius 1 is 0.808 bits per heavy atom. The van der Waals surface area contributed by atoms with Gasteiger partial charge in [0.25, 0.3) is 0 Å². The normalized spacial score (nSPS) is 16.3. The lowest BCUT2D eigenvalue weighted by Gasteiger charge is -2.37. The van der Waals surface area contributed by atoms with Gasteiger partial charge < -0.3 is 4.74 Å². The quantitative estimate of drug-likeness (QED) is 0.520. The Balaban J connectivity index is 1.81. The first-order valence-corrected chi connectivity index (χ1v) is 9.85. The van der Waals surface area contributed by atoms with Crippen molar-refractivity contribution in [1.29, 1.82) is 0 Å². The average molecular weight is 359 g/mol. The summed E-state index contributed by atoms with van der Waals surface area (Å²) in [6.45, 7) is 0. The van der Waals surface area contributed by atoms with Crippen LogP contribution in [-0.4, -0.2) is 7.11 Å². The van der Waals surface area contributed by atoms with Gasteiger partial charge in [-0.15, -0.1) is 11.8 Å². The van der Waals surface area contributed by atoms with Gasteiger partial charge in [0.1, 0.15) is 5.60 Å². The molecule has 0 radical (unpaired) electrons. The van der Waals surface area contributed by atoms with Crippen LogP contribution in [-0.2, 0) is 10.3 Å². The molecule has 0 aliphatic carbocycles. The van der Waals surface area contributed by atoms with Crippen LogP contribution >= 0.6 is 11.8 Å². The fourth-order valence-corrected chi connectivity index (χ4v) is 4.90. The number of hydrogen-bond acceptors (Lipinski definition) is 2. The zero-order valence-electron chi connectivity index (χ0n) is 14.8. The van der Waals surface area contributed by atoms with E-state index < -0.39 is 5.60 Å². The van der Waals surface area contributed by atoms with Gasteiger partial charge in [0, 0.05) is 18.8 Å². The van der Waals surface area contributed by atoms with Crippen molar-refractivity contribution in [3.05, 3.63) is 113 Å². The summed E-state index contributed by atoms with van der Waals surface area (Å²) in [7, 11) is 1.83. The van der Waals surface area contributed by atoms with E-state index >= 15 is 0 Å². The van der Waals surface area contributed by atoms with Gasteiger partial charge in [0.2, 0.25) is 0 Å². The summed E-state index contributed by atoms with van der Waals surface area (Å²) in [6, 6.07) is 29.8. The van der Waals surface area contributed by atoms with Crippen LogP contribution in [0.3, 0.4) is 0 Å². The van der Waals surface area contributed by atoms with E-state index in [4.69, 9.17) is 4.74 Å². The Kier molecular flexibility index (Phi) is 4.96. The highest BCUT2D eigenvalue weighted by Gasteiger charge is 2.38. The van der Waals surface area contributed by atoms with Gasteiger partial charge in [0.05, 0.1) is 0 Å². The topological polar surface area (TPSA) is 9.23 Å². The maximum Gasteiger partial charge on any atom is 0.119 e. The number of benzene rings is 3. The van der Waals surface area contributed by atoms with Gasteiger partial charge in [-0.3, -0.25) is 0 Å². The lowest BCUT2D eigenvalue weighted by atomic mass is 9.80. The van der Waals surface area contributed by atoms with E-state index in [2.05, 4.69) is 96.4 Å². The lowest BCUT2D eigenvalue weighted by molar-refractivity contribution is 0.0140. The molecule has 0 N–H and O–H groups in total. The molecule has 26 heavy (non-hydrogen) atoms. The first-order chi connectivity index (χ1) is 12.8. The van der Waals surface area contributed by atoms with Crippen LogP contribution in [0.5, 0.6) is 0 Å². The molecular formula is C24H22OS. The molecule has 3 aromatic rings. The van der Waals surface area contributed by atoms with Crippen molar-refractivity contribution in [3.63, 3.8) is 0 Å². The largest absolute Gasteiger partial charge is 0.369 e. The molecule has 0 saturated heterocycles. The van der Waals surface area contributed by atoms with Crippen LogP contribution in [0, 0.1) is 0 Å². The first kappa shape index (κ1) is 17.1. The van der Waals surface area contributed by atoms with E-state index in [1.807, 2.05) is 18.9 Å². The molecule has 1 aliphatic rings. The third-order valence-corrected chi connectivity index (χ3v) is 6.18. The molecule has 1 heterocycles. The van der Waals surface area contributed by atoms with E-state index in [0.717, 1.165) is 6.42 Å². The monoisotopic (exact) mass is 358 g/mol. The molecule has 0 saturated carbocycles. The molecule has 0 bridgehead atoms. The van der Waals surface area contributed by atoms with E-state index in [0.29, 0.717) is 5.25 Å². The molecule has 0 amide bonds. The Morgan fingerprint density at radius 2 is 1.38 bits per heavy atom. The van der Waals surface area contributed by atoms with Crippen molar-refractivity contribution in [1.82, 2.24) is 0 Å². The van der Waals surface area contributed by atoms with E-state index in [-0.39, 0.29) is 0 Å². The third kappa shape index (κ3) is 3.11. The van der Waals surface area contributed by atoms with Crippen molar-refractivity contribution >= 4 is 17.8 Å². The van der Waals surface area contributed by atoms with Gasteiger partial charge in [0.15, 0.2) is 0 Å². The zero-order valence-corrected chi connectivity index (χ0v) is 15.7. The van der Waals surface area contributed by atoms with Crippen molar-refractivity contribution in [3.8, 4) is 0 Å². The third-order valence-electron chi connectivity index (χ3n) is 5.13. The van der Waals surface area contributed by atoms with Gasteiger partial charge in [-0.1, -0.05) is 84.9 Å². The predicted octanol–water partition coefficient (Wildman–Crippen LogP) is 6.43. The number of thioether (sulfide) groups is 1. The molecular weight excluding hydrogens is 336 g/mol. The van der Waals surface area contributed by atoms with Gasteiger partial charge in [-0.25, -0.2) is 0 Å². The van der Waals surface area contributed by atoms with E-state index in [1.165, 1.54) is 22.3 Å². The Labute approximate surface area is 159 Å². The van der Waals surface area contributed by atoms with E-state index in [1.54, 1.807) is 0 Å². The molecule has 0 fully saturated rings. The Bertz CT molecular complexity index is 847. The molecule has 3 aromatic carbocycles. The fourth-order valence-electron chi connectivity index (χ4n) is 3.79. The number of hydrogen-bond donors (Lipinski definition) is 0. The van der Waals surface area contributed by atoms with Gasteiger partial charge in [-0.2, -0.15) is 0 Å². The van der Waals surface area contributed by atoms with Crippen LogP contribution in [0.2, 0.25) is 0 Å². The molecule has 1 unspecified atom stereocenters. The summed E-state index contributed by atoms with van der Waals surface area (Å²) < 4.78 is 6.29. The SMILES string of the molecule is COC(CC1SC=Cc2ccccc21)(c1ccccc1)c1ccccc1. The molecule has 1 atom stereocenters. The van der Waals surface area contributed by atoms with Crippen LogP contribution in [0.4, 0.5) is 0 Å². The van der Waals surface area contributed by atoms with Crippen molar-refractivity contribution < 1.29 is 4.74 Å². The molecule has 0 aromatic heterocycles. The van der Waals surface area contributed by atoms with Crippen molar-refractivity contribution in [2.45, 2.75) is 17.3 Å². The molecule has 2 heteroatoms. The summed E-state index contributed by atoms with van der Waals surface area (Å²) in [6.07, 6.45) is 3.08. The second-order valence-electron chi connectivity index (χ2n) is 6.52. The van der Waals surface area contributed by atoms with Crippen LogP contribution in [0.15, 0.2) is 90.3 Å². The van der Waals surface area contributed by atoms with Crippen LogP contribution in [0.1, 0.15) is 33.9 Å². The zero-order chi connectivity index (χ0) is 17.8. The number of rotatable bonds is 5. The predicted molar refractivity (Wildman–Crippen MR) is 111 cm³/mol. The van der Waals surface area contributed by atoms with Gasteiger partial charge in [-0.05, 0) is 33.7 Å². The summed E-state index contributed by atoms with van der Waals surface area (Å²) in [5, 5.41) is 2.56. The van der Waals surface area contributed by atoms with Crippen LogP contribution < -0.4 is 0 Å². The average Bonchev–Trinajstić information content (AvgIpc) is 2.73. The Morgan fingerprint density at radius 3 is 2.00 bits per heavy atom. The minimum Gasteiger partial charge on any atom is -0.369 e. The minimum atomic E-state index is -0.474. The second-order valence-corrected chi connectivity index (χ2v) is 7.64. The summed E-state index contributed by atoms with van der Waals surface area (Å²) >= 11 is 1.88. The highest BCUT2D eigenvalue weighted by atomic mass is 32.2. The summed E-state index contributed by atoms with van der Waals surface area (Å²) in [4.78, 5) is 0. The minimum absolute atomic E-state index is 0.344. The van der Waals surface area contributed by atoms with Gasteiger partial charge >= 0.3 is 0 Å². The standard InChI is InChI=1S/C24H22OS/c1-25-24(20-11-4-2-5-12-20,21-13-6-3-7-14-21)18-23-22-15-9-8-10-19(22)16-17-26-23/h2-17,23H,18H2,1H3. The Hall–Kier alpha value is -2.29. The molecule has 1 aliphatic heterocycles. The highest BCUT2D eigenvalue weighted by Crippen LogP contribution is 2.48. The second kappa shape index (κ2) is 7.53. The van der Waals surface area contributed by atoms with Crippen molar-refractivity contribution in [2.24, 2.45) is 0 Å². The number of methoxy groups -OCH3 is 1. The van der Waals surface area contributed by atoms with E-state index in [9.17, 15) is 0 Å². The maximum atomic E-state index is 6.29. The van der Waals surface area contributed by atoms with Crippen LogP contribution in [0.25, 0.3) is 6.08 Å². The molecule has 1 nitrogen and oxygen atoms in total. The van der Waals surface area contributed by atoms with Crippen molar-refractivity contribution in [2.75, 3.05) is 7.11 Å². The highest BCUT2D eigenvalue weighted by molar-refractivity contribution is 8.02. The molecule has 0 spiro atoms. The number of ether oxygens (including phenoxy) is 1. The smallest absolute Gasteiger partial charge is 0.119 e. The molecule has 130 valence electrons. The first-order valence-electron chi connectivity index (χ1n) is 8.90. The maximum absolute atomic E-state index is 6.29. The molecule has 4 rings (SSSR count). The lowest BCUT2D eigenvalue weighted by Crippen LogP contribution is -2.32. The summed E-state index contributed by atoms with van der Waals surface area (Å²) in [5.41, 5.74) is 4.61. The number of fused-ring (bicyclic) bond motifs is 1. The summed E-state index contributed by atoms with van der Waals surface area (Å²) in [5.74, 6) is 0.